The largest absolute Gasteiger partial charge is 0.452 e. The van der Waals surface area contributed by atoms with Gasteiger partial charge < -0.3 is 9.73 Å². The Morgan fingerprint density at radius 1 is 1.10 bits per heavy atom. The quantitative estimate of drug-likeness (QED) is 0.245. The Labute approximate surface area is 169 Å². The van der Waals surface area contributed by atoms with Crippen molar-refractivity contribution < 1.29 is 9.21 Å². The molecule has 0 bridgehead atoms. The molecule has 1 amide bonds. The zero-order valence-electron chi connectivity index (χ0n) is 17.0. The highest BCUT2D eigenvalue weighted by Gasteiger charge is 2.16. The Morgan fingerprint density at radius 2 is 1.83 bits per heavy atom. The van der Waals surface area contributed by atoms with Crippen molar-refractivity contribution in [3.8, 4) is 11.5 Å². The summed E-state index contributed by atoms with van der Waals surface area (Å²) in [5.74, 6) is 0.501. The summed E-state index contributed by atoms with van der Waals surface area (Å²) in [6.45, 7) is 11.5. The maximum atomic E-state index is 12.2. The van der Waals surface area contributed by atoms with E-state index in [9.17, 15) is 4.79 Å². The van der Waals surface area contributed by atoms with Gasteiger partial charge in [-0.05, 0) is 26.8 Å². The molecule has 0 unspecified atom stereocenters. The summed E-state index contributed by atoms with van der Waals surface area (Å²) in [4.78, 5) is 17.1. The van der Waals surface area contributed by atoms with Crippen LogP contribution in [0.5, 0.6) is 0 Å². The molecule has 146 valence electrons. The third-order valence-electron chi connectivity index (χ3n) is 5.14. The molecule has 1 N–H and O–H groups in total. The van der Waals surface area contributed by atoms with Crippen molar-refractivity contribution in [1.29, 1.82) is 0 Å². The van der Waals surface area contributed by atoms with E-state index in [1.807, 2.05) is 42.5 Å². The predicted molar refractivity (Wildman–Crippen MR) is 118 cm³/mol. The Bertz CT molecular complexity index is 1290. The number of carbonyl (C=O) groups is 1. The summed E-state index contributed by atoms with van der Waals surface area (Å²) in [6.07, 6.45) is 0. The summed E-state index contributed by atoms with van der Waals surface area (Å²) in [5.41, 5.74) is 3.34. The number of amides is 1. The standard InChI is InChI=1S/C24H23N3O2/c1-5-27(6-2)16-11-12-19-21(13-16)29-22-14-20(26-24(28)15(3)4)17-9-7-8-10-18(17)23(22)25-19/h7-14H,3,5-6H2,1-2,4H3/p+1. The average Bonchev–Trinajstić information content (AvgIpc) is 2.73. The number of hydrogen-bond donors (Lipinski definition) is 1. The van der Waals surface area contributed by atoms with E-state index in [1.54, 1.807) is 6.92 Å². The van der Waals surface area contributed by atoms with Gasteiger partial charge in [0, 0.05) is 28.5 Å². The molecule has 2 aliphatic rings. The van der Waals surface area contributed by atoms with Gasteiger partial charge in [0.25, 0.3) is 5.91 Å². The zero-order valence-corrected chi connectivity index (χ0v) is 17.0. The second-order valence-corrected chi connectivity index (χ2v) is 7.09. The zero-order chi connectivity index (χ0) is 20.5. The van der Waals surface area contributed by atoms with Crippen LogP contribution in [-0.4, -0.2) is 24.0 Å². The molecular formula is C24H24N3O2+. The number of carbonyl (C=O) groups excluding carboxylic acids is 1. The molecule has 5 nitrogen and oxygen atoms in total. The first-order valence-corrected chi connectivity index (χ1v) is 9.83. The molecule has 0 fully saturated rings. The molecule has 1 heterocycles. The van der Waals surface area contributed by atoms with E-state index < -0.39 is 0 Å². The fourth-order valence-electron chi connectivity index (χ4n) is 3.56. The minimum atomic E-state index is -0.216. The van der Waals surface area contributed by atoms with Crippen LogP contribution in [0.1, 0.15) is 20.8 Å². The van der Waals surface area contributed by atoms with E-state index in [1.165, 1.54) is 0 Å². The van der Waals surface area contributed by atoms with Crippen molar-refractivity contribution in [3.63, 3.8) is 0 Å². The topological polar surface area (TPSA) is 58.1 Å². The van der Waals surface area contributed by atoms with E-state index in [0.717, 1.165) is 40.4 Å². The normalized spacial score (nSPS) is 11.1. The third-order valence-corrected chi connectivity index (χ3v) is 5.14. The van der Waals surface area contributed by atoms with Crippen molar-refractivity contribution in [1.82, 2.24) is 9.56 Å². The van der Waals surface area contributed by atoms with Gasteiger partial charge in [-0.1, -0.05) is 30.8 Å². The van der Waals surface area contributed by atoms with Gasteiger partial charge in [-0.15, -0.1) is 0 Å². The third kappa shape index (κ3) is 3.40. The number of hydrogen-bond acceptors (Lipinski definition) is 3. The summed E-state index contributed by atoms with van der Waals surface area (Å²) < 4.78 is 8.52. The molecule has 0 spiro atoms. The Kier molecular flexibility index (Phi) is 4.89. The van der Waals surface area contributed by atoms with Crippen LogP contribution in [0, 0.1) is 0 Å². The van der Waals surface area contributed by atoms with Gasteiger partial charge in [-0.25, -0.2) is 9.56 Å². The number of rotatable bonds is 4. The van der Waals surface area contributed by atoms with Crippen LogP contribution in [0.25, 0.3) is 33.3 Å². The molecule has 0 radical (unpaired) electrons. The maximum Gasteiger partial charge on any atom is 0.250 e. The number of nitrogens with one attached hydrogen (secondary N) is 1. The number of nitrogens with zero attached hydrogens (tertiary/aromatic N) is 2. The molecular weight excluding hydrogens is 362 g/mol. The van der Waals surface area contributed by atoms with Crippen LogP contribution in [0.4, 0.5) is 5.69 Å². The van der Waals surface area contributed by atoms with Crippen molar-refractivity contribution in [2.24, 2.45) is 0 Å². The van der Waals surface area contributed by atoms with Gasteiger partial charge in [0.15, 0.2) is 11.3 Å². The van der Waals surface area contributed by atoms with E-state index >= 15 is 0 Å². The van der Waals surface area contributed by atoms with Gasteiger partial charge >= 0.3 is 0 Å². The summed E-state index contributed by atoms with van der Waals surface area (Å²) in [7, 11) is 0. The first-order chi connectivity index (χ1) is 14.0. The highest BCUT2D eigenvalue weighted by atomic mass is 16.3. The number of anilines is 1. The fraction of sp³-hybridized carbons (Fsp3) is 0.208. The second kappa shape index (κ2) is 7.51. The van der Waals surface area contributed by atoms with E-state index in [2.05, 4.69) is 36.4 Å². The molecule has 4 rings (SSSR count). The molecule has 2 aromatic carbocycles. The van der Waals surface area contributed by atoms with E-state index in [4.69, 9.17) is 9.40 Å². The molecule has 0 saturated heterocycles. The molecule has 0 aromatic heterocycles. The highest BCUT2D eigenvalue weighted by Crippen LogP contribution is 2.34. The van der Waals surface area contributed by atoms with Crippen LogP contribution >= 0.6 is 0 Å². The van der Waals surface area contributed by atoms with Gasteiger partial charge in [0.05, 0.1) is 11.8 Å². The van der Waals surface area contributed by atoms with Crippen molar-refractivity contribution in [3.05, 3.63) is 66.0 Å². The van der Waals surface area contributed by atoms with Crippen LogP contribution in [-0.2, 0) is 4.79 Å². The second-order valence-electron chi connectivity index (χ2n) is 7.09. The first-order valence-electron chi connectivity index (χ1n) is 9.83. The van der Waals surface area contributed by atoms with Gasteiger partial charge in [-0.2, -0.15) is 0 Å². The van der Waals surface area contributed by atoms with E-state index in [-0.39, 0.29) is 5.91 Å². The predicted octanol–water partition coefficient (Wildman–Crippen LogP) is 4.41. The van der Waals surface area contributed by atoms with Crippen LogP contribution in [0.15, 0.2) is 65.1 Å². The van der Waals surface area contributed by atoms with Gasteiger partial charge in [-0.3, -0.25) is 4.79 Å². The van der Waals surface area contributed by atoms with Crippen LogP contribution in [0.3, 0.4) is 0 Å². The minimum absolute atomic E-state index is 0.216. The average molecular weight is 386 g/mol. The van der Waals surface area contributed by atoms with E-state index in [0.29, 0.717) is 22.6 Å². The fourth-order valence-corrected chi connectivity index (χ4v) is 3.56. The summed E-state index contributed by atoms with van der Waals surface area (Å²) in [5, 5.41) is 5.88. The van der Waals surface area contributed by atoms with Crippen LogP contribution < -0.4 is 15.2 Å². The Balaban J connectivity index is 2.02. The molecule has 29 heavy (non-hydrogen) atoms. The number of fused-ring (bicyclic) bond motifs is 4. The number of benzene rings is 3. The number of aromatic nitrogens is 1. The van der Waals surface area contributed by atoms with Gasteiger partial charge in [0.2, 0.25) is 5.36 Å². The molecule has 1 aliphatic heterocycles. The monoisotopic (exact) mass is 386 g/mol. The Morgan fingerprint density at radius 3 is 2.52 bits per heavy atom. The Hall–Kier alpha value is -3.47. The lowest BCUT2D eigenvalue weighted by molar-refractivity contribution is -0.112. The molecule has 1 aliphatic carbocycles. The van der Waals surface area contributed by atoms with Crippen molar-refractivity contribution >= 4 is 33.5 Å². The minimum Gasteiger partial charge on any atom is -0.452 e. The van der Waals surface area contributed by atoms with Crippen molar-refractivity contribution in [2.75, 3.05) is 18.4 Å². The molecule has 5 heteroatoms. The highest BCUT2D eigenvalue weighted by molar-refractivity contribution is 6.14. The maximum absolute atomic E-state index is 12.2. The van der Waals surface area contributed by atoms with Crippen molar-refractivity contribution in [2.45, 2.75) is 20.8 Å². The molecule has 0 atom stereocenters. The SMILES string of the molecule is C=C(C)C(=O)Nc1cc2oc3cc(=[N+](CC)CC)ccc-3nc2c2ccccc12. The lowest BCUT2D eigenvalue weighted by Gasteiger charge is -2.13. The lowest BCUT2D eigenvalue weighted by Crippen LogP contribution is -2.29. The smallest absolute Gasteiger partial charge is 0.250 e. The summed E-state index contributed by atoms with van der Waals surface area (Å²) >= 11 is 0. The lowest BCUT2D eigenvalue weighted by atomic mass is 10.1. The molecule has 0 saturated carbocycles. The summed E-state index contributed by atoms with van der Waals surface area (Å²) in [6, 6.07) is 15.8. The van der Waals surface area contributed by atoms with Crippen LogP contribution in [0.2, 0.25) is 0 Å². The molecule has 2 aromatic rings. The first kappa shape index (κ1) is 18.9. The van der Waals surface area contributed by atoms with Gasteiger partial charge in [0.1, 0.15) is 24.3 Å².